The van der Waals surface area contributed by atoms with Crippen molar-refractivity contribution in [2.45, 2.75) is 44.9 Å². The second kappa shape index (κ2) is 12.1. The van der Waals surface area contributed by atoms with Crippen molar-refractivity contribution in [3.05, 3.63) is 52.0 Å². The molecule has 2 aromatic rings. The topological polar surface area (TPSA) is 53.0 Å². The van der Waals surface area contributed by atoms with Crippen molar-refractivity contribution in [2.75, 3.05) is 39.8 Å². The number of fused-ring (bicyclic) bond motifs is 1. The fraction of sp³-hybridized carbons (Fsp3) is 0.565. The van der Waals surface area contributed by atoms with Gasteiger partial charge in [0, 0.05) is 50.8 Å². The van der Waals surface area contributed by atoms with Gasteiger partial charge in [-0.3, -0.25) is 9.89 Å². The number of unbranched alkanes of at least 4 members (excludes halogenated alkanes) is 1. The Labute approximate surface area is 207 Å². The van der Waals surface area contributed by atoms with Gasteiger partial charge in [-0.15, -0.1) is 35.3 Å². The number of likely N-dealkylation sites (tertiary alicyclic amines) is 1. The molecular formula is C23H34IN5OS. The number of aryl methyl sites for hydroxylation is 2. The Morgan fingerprint density at radius 3 is 2.84 bits per heavy atom. The smallest absolute Gasteiger partial charge is 0.193 e. The van der Waals surface area contributed by atoms with Crippen LogP contribution in [-0.2, 0) is 17.7 Å². The van der Waals surface area contributed by atoms with E-state index in [1.807, 2.05) is 7.05 Å². The van der Waals surface area contributed by atoms with E-state index in [0.717, 1.165) is 70.2 Å². The molecule has 2 saturated heterocycles. The molecule has 4 rings (SSSR count). The molecule has 1 N–H and O–H groups in total. The highest BCUT2D eigenvalue weighted by Gasteiger charge is 2.41. The maximum Gasteiger partial charge on any atom is 0.193 e. The number of halogens is 1. The Bertz CT molecular complexity index is 830. The number of ether oxygens (including phenoxy) is 1. The molecule has 0 amide bonds. The lowest BCUT2D eigenvalue weighted by Crippen LogP contribution is -2.50. The number of morpholine rings is 1. The molecule has 2 atom stereocenters. The summed E-state index contributed by atoms with van der Waals surface area (Å²) in [6, 6.07) is 11.2. The van der Waals surface area contributed by atoms with Crippen molar-refractivity contribution in [2.24, 2.45) is 4.99 Å². The zero-order valence-corrected chi connectivity index (χ0v) is 21.6. The molecule has 8 heteroatoms. The first kappa shape index (κ1) is 24.4. The van der Waals surface area contributed by atoms with Gasteiger partial charge in [0.1, 0.15) is 0 Å². The molecule has 31 heavy (non-hydrogen) atoms. The van der Waals surface area contributed by atoms with E-state index >= 15 is 0 Å². The van der Waals surface area contributed by atoms with Crippen LogP contribution in [0.15, 0.2) is 40.7 Å². The molecule has 1 aromatic carbocycles. The average molecular weight is 556 g/mol. The normalized spacial score (nSPS) is 21.6. The largest absolute Gasteiger partial charge is 0.373 e. The third-order valence-corrected chi connectivity index (χ3v) is 6.95. The molecule has 6 nitrogen and oxygen atoms in total. The quantitative estimate of drug-likeness (QED) is 0.245. The summed E-state index contributed by atoms with van der Waals surface area (Å²) < 4.78 is 6.12. The SMILES string of the molecule is CN=C(NCCCCc1nc(C)cs1)N1CC2OCCN(Cc3ccccc3)C2C1.I. The molecule has 0 bridgehead atoms. The van der Waals surface area contributed by atoms with Crippen molar-refractivity contribution >= 4 is 41.3 Å². The fourth-order valence-corrected chi connectivity index (χ4v) is 5.21. The highest BCUT2D eigenvalue weighted by Crippen LogP contribution is 2.24. The molecule has 170 valence electrons. The summed E-state index contributed by atoms with van der Waals surface area (Å²) in [7, 11) is 1.88. The molecule has 2 fully saturated rings. The van der Waals surface area contributed by atoms with Gasteiger partial charge in [0.25, 0.3) is 0 Å². The fourth-order valence-electron chi connectivity index (χ4n) is 4.40. The van der Waals surface area contributed by atoms with Crippen LogP contribution < -0.4 is 5.32 Å². The third-order valence-electron chi connectivity index (χ3n) is 5.92. The molecule has 0 spiro atoms. The van der Waals surface area contributed by atoms with E-state index < -0.39 is 0 Å². The number of aromatic nitrogens is 1. The maximum absolute atomic E-state index is 6.12. The number of thiazole rings is 1. The Hall–Kier alpha value is -1.23. The first-order chi connectivity index (χ1) is 14.7. The van der Waals surface area contributed by atoms with Crippen LogP contribution in [0.4, 0.5) is 0 Å². The Balaban J connectivity index is 0.00000272. The van der Waals surface area contributed by atoms with Crippen molar-refractivity contribution in [3.63, 3.8) is 0 Å². The minimum absolute atomic E-state index is 0. The van der Waals surface area contributed by atoms with Gasteiger partial charge < -0.3 is 15.0 Å². The molecule has 3 heterocycles. The molecule has 0 aliphatic carbocycles. The lowest BCUT2D eigenvalue weighted by atomic mass is 10.1. The lowest BCUT2D eigenvalue weighted by molar-refractivity contribution is -0.0502. The first-order valence-corrected chi connectivity index (χ1v) is 11.9. The van der Waals surface area contributed by atoms with Crippen LogP contribution in [0.25, 0.3) is 0 Å². The van der Waals surface area contributed by atoms with E-state index in [2.05, 4.69) is 67.7 Å². The summed E-state index contributed by atoms with van der Waals surface area (Å²) >= 11 is 1.77. The molecule has 0 radical (unpaired) electrons. The molecule has 0 saturated carbocycles. The van der Waals surface area contributed by atoms with Gasteiger partial charge in [0.15, 0.2) is 5.96 Å². The summed E-state index contributed by atoms with van der Waals surface area (Å²) in [5.41, 5.74) is 2.50. The highest BCUT2D eigenvalue weighted by molar-refractivity contribution is 14.0. The van der Waals surface area contributed by atoms with E-state index in [4.69, 9.17) is 4.74 Å². The van der Waals surface area contributed by atoms with Gasteiger partial charge in [-0.1, -0.05) is 30.3 Å². The van der Waals surface area contributed by atoms with Crippen molar-refractivity contribution in [1.82, 2.24) is 20.1 Å². The number of aliphatic imine (C=N–C) groups is 1. The van der Waals surface area contributed by atoms with Crippen molar-refractivity contribution in [3.8, 4) is 0 Å². The van der Waals surface area contributed by atoms with Crippen LogP contribution in [0.3, 0.4) is 0 Å². The number of nitrogens with one attached hydrogen (secondary N) is 1. The van der Waals surface area contributed by atoms with E-state index in [1.54, 1.807) is 11.3 Å². The van der Waals surface area contributed by atoms with Gasteiger partial charge in [-0.05, 0) is 31.7 Å². The van der Waals surface area contributed by atoms with E-state index in [0.29, 0.717) is 6.04 Å². The van der Waals surface area contributed by atoms with Gasteiger partial charge in [0.2, 0.25) is 0 Å². The lowest BCUT2D eigenvalue weighted by Gasteiger charge is -2.36. The predicted molar refractivity (Wildman–Crippen MR) is 139 cm³/mol. The first-order valence-electron chi connectivity index (χ1n) is 11.0. The summed E-state index contributed by atoms with van der Waals surface area (Å²) in [5.74, 6) is 0.998. The summed E-state index contributed by atoms with van der Waals surface area (Å²) in [6.07, 6.45) is 3.59. The Kier molecular flexibility index (Phi) is 9.55. The third kappa shape index (κ3) is 6.63. The van der Waals surface area contributed by atoms with Gasteiger partial charge in [-0.25, -0.2) is 4.98 Å². The second-order valence-corrected chi connectivity index (χ2v) is 9.09. The highest BCUT2D eigenvalue weighted by atomic mass is 127. The summed E-state index contributed by atoms with van der Waals surface area (Å²) in [5, 5.41) is 6.94. The number of guanidine groups is 1. The van der Waals surface area contributed by atoms with Crippen LogP contribution in [0.5, 0.6) is 0 Å². The van der Waals surface area contributed by atoms with Crippen LogP contribution in [-0.4, -0.2) is 72.7 Å². The predicted octanol–water partition coefficient (Wildman–Crippen LogP) is 3.55. The standard InChI is InChI=1S/C23H33N5OS.HI/c1-18-17-30-22(26-18)10-6-7-11-25-23(24-2)28-15-20-21(16-28)29-13-12-27(20)14-19-8-4-3-5-9-19;/h3-5,8-9,17,20-21H,6-7,10-16H2,1-2H3,(H,24,25);1H. The van der Waals surface area contributed by atoms with Gasteiger partial charge in [0.05, 0.1) is 23.8 Å². The second-order valence-electron chi connectivity index (χ2n) is 8.15. The van der Waals surface area contributed by atoms with Gasteiger partial charge in [-0.2, -0.15) is 0 Å². The maximum atomic E-state index is 6.12. The molecular weight excluding hydrogens is 521 g/mol. The van der Waals surface area contributed by atoms with Crippen LogP contribution >= 0.6 is 35.3 Å². The molecule has 2 aliphatic heterocycles. The van der Waals surface area contributed by atoms with Gasteiger partial charge >= 0.3 is 0 Å². The summed E-state index contributed by atoms with van der Waals surface area (Å²) in [6.45, 7) is 7.67. The minimum Gasteiger partial charge on any atom is -0.373 e. The zero-order valence-electron chi connectivity index (χ0n) is 18.5. The molecule has 2 aliphatic rings. The number of hydrogen-bond donors (Lipinski definition) is 1. The van der Waals surface area contributed by atoms with Crippen molar-refractivity contribution < 1.29 is 4.74 Å². The number of benzene rings is 1. The number of hydrogen-bond acceptors (Lipinski definition) is 5. The van der Waals surface area contributed by atoms with Crippen LogP contribution in [0, 0.1) is 6.92 Å². The Morgan fingerprint density at radius 2 is 2.10 bits per heavy atom. The molecule has 1 aromatic heterocycles. The monoisotopic (exact) mass is 555 g/mol. The zero-order chi connectivity index (χ0) is 20.8. The van der Waals surface area contributed by atoms with E-state index in [1.165, 1.54) is 10.6 Å². The molecule has 2 unspecified atom stereocenters. The minimum atomic E-state index is 0. The van der Waals surface area contributed by atoms with Crippen LogP contribution in [0.2, 0.25) is 0 Å². The number of nitrogens with zero attached hydrogens (tertiary/aromatic N) is 4. The summed E-state index contributed by atoms with van der Waals surface area (Å²) in [4.78, 5) is 14.0. The average Bonchev–Trinajstić information content (AvgIpc) is 3.38. The van der Waals surface area contributed by atoms with E-state index in [-0.39, 0.29) is 30.1 Å². The number of rotatable bonds is 7. The van der Waals surface area contributed by atoms with Crippen LogP contribution in [0.1, 0.15) is 29.1 Å². The van der Waals surface area contributed by atoms with Crippen molar-refractivity contribution in [1.29, 1.82) is 0 Å². The van der Waals surface area contributed by atoms with E-state index in [9.17, 15) is 0 Å². The Morgan fingerprint density at radius 1 is 1.26 bits per heavy atom.